The highest BCUT2D eigenvalue weighted by atomic mass is 35.5. The average molecular weight is 174 g/mol. The third-order valence-electron chi connectivity index (χ3n) is 0.850. The number of hydrogen-bond acceptors (Lipinski definition) is 3. The van der Waals surface area contributed by atoms with E-state index in [-0.39, 0.29) is 11.1 Å². The van der Waals surface area contributed by atoms with Crippen LogP contribution in [0.3, 0.4) is 0 Å². The Labute approximate surface area is 66.7 Å². The fourth-order valence-electron chi connectivity index (χ4n) is 0.474. The molecule has 1 rings (SSSR count). The van der Waals surface area contributed by atoms with E-state index in [4.69, 9.17) is 16.7 Å². The molecule has 0 spiro atoms. The Morgan fingerprint density at radius 1 is 1.73 bits per heavy atom. The maximum atomic E-state index is 9.99. The van der Waals surface area contributed by atoms with Gasteiger partial charge in [0.2, 0.25) is 5.28 Å². The van der Waals surface area contributed by atoms with Crippen LogP contribution in [0.1, 0.15) is 5.82 Å². The second-order valence-corrected chi connectivity index (χ2v) is 2.01. The van der Waals surface area contributed by atoms with Crippen LogP contribution in [0.25, 0.3) is 6.08 Å². The zero-order chi connectivity index (χ0) is 8.27. The van der Waals surface area contributed by atoms with E-state index in [1.165, 1.54) is 6.08 Å². The van der Waals surface area contributed by atoms with E-state index in [1.807, 2.05) is 0 Å². The quantitative estimate of drug-likeness (QED) is 0.641. The third-order valence-corrected chi connectivity index (χ3v) is 1.02. The zero-order valence-corrected chi connectivity index (χ0v) is 6.04. The first kappa shape index (κ1) is 7.74. The van der Waals surface area contributed by atoms with Crippen molar-refractivity contribution >= 4 is 23.6 Å². The highest BCUT2D eigenvalue weighted by Crippen LogP contribution is 1.99. The lowest BCUT2D eigenvalue weighted by Crippen LogP contribution is -1.86. The molecule has 0 aliphatic heterocycles. The summed E-state index contributed by atoms with van der Waals surface area (Å²) in [5, 5.41) is 14.3. The first-order chi connectivity index (χ1) is 5.18. The summed E-state index contributed by atoms with van der Waals surface area (Å²) in [5.74, 6) is -0.802. The Balaban J connectivity index is 2.71. The fraction of sp³-hybridized carbons (Fsp3) is 0. The van der Waals surface area contributed by atoms with Gasteiger partial charge in [-0.15, -0.1) is 0 Å². The van der Waals surface area contributed by atoms with Crippen molar-refractivity contribution in [1.29, 1.82) is 0 Å². The monoisotopic (exact) mass is 173 g/mol. The van der Waals surface area contributed by atoms with Crippen molar-refractivity contribution in [3.63, 3.8) is 0 Å². The molecule has 0 amide bonds. The standard InChI is InChI=1S/C5H4ClN3O2/c6-5-7-3(8-9-5)1-2-4(10)11/h1-2H,(H,10,11)(H,7,8,9). The van der Waals surface area contributed by atoms with E-state index in [0.717, 1.165) is 6.08 Å². The summed E-state index contributed by atoms with van der Waals surface area (Å²) in [5.41, 5.74) is 0. The molecule has 0 bridgehead atoms. The lowest BCUT2D eigenvalue weighted by molar-refractivity contribution is -0.131. The number of halogens is 1. The average Bonchev–Trinajstić information content (AvgIpc) is 2.31. The number of aliphatic carboxylic acids is 1. The van der Waals surface area contributed by atoms with E-state index in [2.05, 4.69) is 15.2 Å². The van der Waals surface area contributed by atoms with Crippen LogP contribution in [-0.4, -0.2) is 26.3 Å². The van der Waals surface area contributed by atoms with Gasteiger partial charge in [0.1, 0.15) is 0 Å². The van der Waals surface area contributed by atoms with Gasteiger partial charge < -0.3 is 5.11 Å². The van der Waals surface area contributed by atoms with Crippen molar-refractivity contribution in [3.8, 4) is 0 Å². The van der Waals surface area contributed by atoms with E-state index in [9.17, 15) is 4.79 Å². The Bertz CT molecular complexity index is 294. The molecule has 5 nitrogen and oxygen atoms in total. The fourth-order valence-corrected chi connectivity index (χ4v) is 0.603. The van der Waals surface area contributed by atoms with Crippen molar-refractivity contribution < 1.29 is 9.90 Å². The molecule has 6 heteroatoms. The zero-order valence-electron chi connectivity index (χ0n) is 5.28. The number of nitrogens with zero attached hydrogens (tertiary/aromatic N) is 2. The van der Waals surface area contributed by atoms with Crippen molar-refractivity contribution in [2.45, 2.75) is 0 Å². The molecule has 0 saturated heterocycles. The van der Waals surface area contributed by atoms with E-state index in [0.29, 0.717) is 0 Å². The predicted molar refractivity (Wildman–Crippen MR) is 38.1 cm³/mol. The summed E-state index contributed by atoms with van der Waals surface area (Å²) < 4.78 is 0. The molecule has 0 saturated carbocycles. The maximum absolute atomic E-state index is 9.99. The van der Waals surface area contributed by atoms with Crippen LogP contribution in [0, 0.1) is 0 Å². The molecule has 58 valence electrons. The molecule has 0 radical (unpaired) electrons. The number of carbonyl (C=O) groups is 1. The van der Waals surface area contributed by atoms with Crippen molar-refractivity contribution in [2.75, 3.05) is 0 Å². The molecule has 0 unspecified atom stereocenters. The van der Waals surface area contributed by atoms with Gasteiger partial charge >= 0.3 is 5.97 Å². The molecule has 0 aliphatic carbocycles. The van der Waals surface area contributed by atoms with Gasteiger partial charge in [-0.1, -0.05) is 0 Å². The molecule has 0 aromatic carbocycles. The Hall–Kier alpha value is -1.36. The molecule has 1 aromatic rings. The van der Waals surface area contributed by atoms with Gasteiger partial charge in [-0.05, 0) is 17.7 Å². The van der Waals surface area contributed by atoms with Crippen LogP contribution in [0.5, 0.6) is 0 Å². The molecular formula is C5H4ClN3O2. The van der Waals surface area contributed by atoms with E-state index in [1.54, 1.807) is 0 Å². The number of hydrogen-bond donors (Lipinski definition) is 2. The number of H-pyrrole nitrogens is 1. The second-order valence-electron chi connectivity index (χ2n) is 1.66. The minimum atomic E-state index is -1.05. The van der Waals surface area contributed by atoms with Crippen molar-refractivity contribution in [3.05, 3.63) is 17.2 Å². The SMILES string of the molecule is O=C(O)C=Cc1n[nH]c(Cl)n1. The topological polar surface area (TPSA) is 78.9 Å². The predicted octanol–water partition coefficient (Wildman–Crippen LogP) is 0.556. The van der Waals surface area contributed by atoms with Gasteiger partial charge in [-0.2, -0.15) is 10.1 Å². The molecule has 11 heavy (non-hydrogen) atoms. The molecular weight excluding hydrogens is 170 g/mol. The van der Waals surface area contributed by atoms with Crippen molar-refractivity contribution in [2.24, 2.45) is 0 Å². The first-order valence-electron chi connectivity index (χ1n) is 2.67. The highest BCUT2D eigenvalue weighted by molar-refractivity contribution is 6.28. The first-order valence-corrected chi connectivity index (χ1v) is 3.05. The van der Waals surface area contributed by atoms with Gasteiger partial charge in [-0.3, -0.25) is 0 Å². The minimum absolute atomic E-state index is 0.134. The number of aromatic nitrogens is 3. The van der Waals surface area contributed by atoms with E-state index < -0.39 is 5.97 Å². The summed E-state index contributed by atoms with van der Waals surface area (Å²) in [7, 11) is 0. The Kier molecular flexibility index (Phi) is 2.22. The van der Waals surface area contributed by atoms with E-state index >= 15 is 0 Å². The number of carboxylic acid groups (broad SMARTS) is 1. The summed E-state index contributed by atoms with van der Waals surface area (Å²) in [6.45, 7) is 0. The summed E-state index contributed by atoms with van der Waals surface area (Å²) in [4.78, 5) is 13.6. The molecule has 2 N–H and O–H groups in total. The van der Waals surface area contributed by atoms with Crippen LogP contribution >= 0.6 is 11.6 Å². The largest absolute Gasteiger partial charge is 0.478 e. The lowest BCUT2D eigenvalue weighted by Gasteiger charge is -1.76. The second kappa shape index (κ2) is 3.16. The maximum Gasteiger partial charge on any atom is 0.328 e. The summed E-state index contributed by atoms with van der Waals surface area (Å²) in [6.07, 6.45) is 2.17. The summed E-state index contributed by atoms with van der Waals surface area (Å²) in [6, 6.07) is 0. The van der Waals surface area contributed by atoms with Crippen LogP contribution < -0.4 is 0 Å². The lowest BCUT2D eigenvalue weighted by atomic mass is 10.5. The minimum Gasteiger partial charge on any atom is -0.478 e. The van der Waals surface area contributed by atoms with Gasteiger partial charge in [-0.25, -0.2) is 9.89 Å². The molecule has 1 heterocycles. The Morgan fingerprint density at radius 3 is 2.91 bits per heavy atom. The third kappa shape index (κ3) is 2.38. The molecule has 1 aromatic heterocycles. The number of aromatic amines is 1. The van der Waals surface area contributed by atoms with Gasteiger partial charge in [0.15, 0.2) is 5.82 Å². The highest BCUT2D eigenvalue weighted by Gasteiger charge is 1.95. The molecule has 0 atom stereocenters. The van der Waals surface area contributed by atoms with Gasteiger partial charge in [0.05, 0.1) is 0 Å². The Morgan fingerprint density at radius 2 is 2.45 bits per heavy atom. The van der Waals surface area contributed by atoms with Gasteiger partial charge in [0.25, 0.3) is 0 Å². The van der Waals surface area contributed by atoms with Crippen LogP contribution in [0.2, 0.25) is 5.28 Å². The van der Waals surface area contributed by atoms with Crippen LogP contribution in [-0.2, 0) is 4.79 Å². The molecule has 0 fully saturated rings. The normalized spacial score (nSPS) is 10.6. The molecule has 0 aliphatic rings. The van der Waals surface area contributed by atoms with Gasteiger partial charge in [0, 0.05) is 6.08 Å². The number of rotatable bonds is 2. The smallest absolute Gasteiger partial charge is 0.328 e. The number of nitrogens with one attached hydrogen (secondary N) is 1. The van der Waals surface area contributed by atoms with Crippen LogP contribution in [0.4, 0.5) is 0 Å². The van der Waals surface area contributed by atoms with Crippen molar-refractivity contribution in [1.82, 2.24) is 15.2 Å². The number of carboxylic acids is 1. The van der Waals surface area contributed by atoms with Crippen LogP contribution in [0.15, 0.2) is 6.08 Å². The summed E-state index contributed by atoms with van der Waals surface area (Å²) >= 11 is 5.37.